The van der Waals surface area contributed by atoms with Gasteiger partial charge in [-0.05, 0) is 37.5 Å². The molecule has 1 aliphatic heterocycles. The molecule has 3 N–H and O–H groups in total. The fourth-order valence-electron chi connectivity index (χ4n) is 3.66. The minimum absolute atomic E-state index is 0.0598. The summed E-state index contributed by atoms with van der Waals surface area (Å²) < 4.78 is 27.3. The summed E-state index contributed by atoms with van der Waals surface area (Å²) in [5.41, 5.74) is -2.28. The first-order valence-electron chi connectivity index (χ1n) is 8.69. The minimum Gasteiger partial charge on any atom is -0.481 e. The van der Waals surface area contributed by atoms with E-state index in [0.29, 0.717) is 31.2 Å². The van der Waals surface area contributed by atoms with Gasteiger partial charge in [-0.3, -0.25) is 14.4 Å². The Kier molecular flexibility index (Phi) is 4.96. The Hall–Kier alpha value is -2.46. The Morgan fingerprint density at radius 1 is 1.22 bits per heavy atom. The molecule has 27 heavy (non-hydrogen) atoms. The van der Waals surface area contributed by atoms with Crippen molar-refractivity contribution < 1.29 is 18.3 Å². The molecule has 1 saturated heterocycles. The maximum Gasteiger partial charge on any atom is 0.314 e. The average Bonchev–Trinajstić information content (AvgIpc) is 2.62. The molecule has 10 heteroatoms. The van der Waals surface area contributed by atoms with Crippen molar-refractivity contribution >= 4 is 27.0 Å². The van der Waals surface area contributed by atoms with Crippen LogP contribution in [0.4, 0.5) is 0 Å². The Morgan fingerprint density at radius 3 is 2.52 bits per heavy atom. The number of H-pyrrole nitrogens is 2. The SMILES string of the molecule is CCC[C@]1(C(=O)O)CCCN(S(=O)(=O)c2ccc3[nH]c(=O)c(=O)[nH]c3c2)C1. The highest BCUT2D eigenvalue weighted by Crippen LogP contribution is 2.37. The van der Waals surface area contributed by atoms with Crippen molar-refractivity contribution in [2.24, 2.45) is 5.41 Å². The van der Waals surface area contributed by atoms with E-state index in [0.717, 1.165) is 0 Å². The molecule has 1 aliphatic rings. The summed E-state index contributed by atoms with van der Waals surface area (Å²) in [6.07, 6.45) is 1.95. The number of carboxylic acid groups (broad SMARTS) is 1. The maximum atomic E-state index is 13.1. The average molecular weight is 395 g/mol. The fourth-order valence-corrected chi connectivity index (χ4v) is 5.25. The number of rotatable bonds is 5. The van der Waals surface area contributed by atoms with Gasteiger partial charge in [-0.15, -0.1) is 0 Å². The minimum atomic E-state index is -3.94. The smallest absolute Gasteiger partial charge is 0.314 e. The number of nitrogens with one attached hydrogen (secondary N) is 2. The summed E-state index contributed by atoms with van der Waals surface area (Å²) in [5.74, 6) is -0.982. The molecule has 1 aromatic heterocycles. The highest BCUT2D eigenvalue weighted by molar-refractivity contribution is 7.89. The quantitative estimate of drug-likeness (QED) is 0.642. The Bertz CT molecular complexity index is 1100. The molecule has 3 rings (SSSR count). The van der Waals surface area contributed by atoms with Gasteiger partial charge in [0.25, 0.3) is 0 Å². The summed E-state index contributed by atoms with van der Waals surface area (Å²) in [6.45, 7) is 2.03. The first kappa shape index (κ1) is 19.3. The van der Waals surface area contributed by atoms with Gasteiger partial charge < -0.3 is 15.1 Å². The van der Waals surface area contributed by atoms with Crippen LogP contribution in [0, 0.1) is 5.41 Å². The van der Waals surface area contributed by atoms with Crippen LogP contribution in [0.2, 0.25) is 0 Å². The van der Waals surface area contributed by atoms with Crippen LogP contribution in [-0.2, 0) is 14.8 Å². The van der Waals surface area contributed by atoms with Gasteiger partial charge in [0.1, 0.15) is 0 Å². The molecule has 1 aromatic carbocycles. The zero-order valence-corrected chi connectivity index (χ0v) is 15.6. The molecule has 0 amide bonds. The van der Waals surface area contributed by atoms with Gasteiger partial charge in [0.05, 0.1) is 21.3 Å². The highest BCUT2D eigenvalue weighted by atomic mass is 32.2. The van der Waals surface area contributed by atoms with Crippen molar-refractivity contribution in [2.75, 3.05) is 13.1 Å². The van der Waals surface area contributed by atoms with Crippen LogP contribution in [-0.4, -0.2) is 46.9 Å². The van der Waals surface area contributed by atoms with Gasteiger partial charge in [0, 0.05) is 13.1 Å². The monoisotopic (exact) mass is 395 g/mol. The van der Waals surface area contributed by atoms with E-state index in [9.17, 15) is 27.9 Å². The van der Waals surface area contributed by atoms with Gasteiger partial charge in [0.2, 0.25) is 10.0 Å². The zero-order chi connectivity index (χ0) is 19.8. The van der Waals surface area contributed by atoms with Gasteiger partial charge >= 0.3 is 17.1 Å². The number of nitrogens with zero attached hydrogens (tertiary/aromatic N) is 1. The van der Waals surface area contributed by atoms with E-state index in [1.165, 1.54) is 22.5 Å². The third kappa shape index (κ3) is 3.42. The first-order valence-corrected chi connectivity index (χ1v) is 10.1. The number of hydrogen-bond donors (Lipinski definition) is 3. The molecule has 0 unspecified atom stereocenters. The Morgan fingerprint density at radius 2 is 1.89 bits per heavy atom. The standard InChI is InChI=1S/C17H21N3O6S/c1-2-6-17(16(23)24)7-3-8-20(10-17)27(25,26)11-4-5-12-13(9-11)19-15(22)14(21)18-12/h4-5,9H,2-3,6-8,10H2,1H3,(H,18,21)(H,19,22)(H,23,24)/t17-/m0/s1. The van der Waals surface area contributed by atoms with Crippen molar-refractivity contribution in [3.8, 4) is 0 Å². The molecule has 0 spiro atoms. The van der Waals surface area contributed by atoms with E-state index in [-0.39, 0.29) is 23.5 Å². The Labute approximate surface area is 155 Å². The molecule has 1 fully saturated rings. The number of hydrogen-bond acceptors (Lipinski definition) is 5. The lowest BCUT2D eigenvalue weighted by Gasteiger charge is -2.39. The molecule has 2 heterocycles. The summed E-state index contributed by atoms with van der Waals surface area (Å²) in [4.78, 5) is 39.4. The van der Waals surface area contributed by atoms with Crippen LogP contribution in [0.1, 0.15) is 32.6 Å². The molecular formula is C17H21N3O6S. The number of carboxylic acids is 1. The fraction of sp³-hybridized carbons (Fsp3) is 0.471. The van der Waals surface area contributed by atoms with Crippen LogP contribution in [0.25, 0.3) is 11.0 Å². The topological polar surface area (TPSA) is 140 Å². The van der Waals surface area contributed by atoms with E-state index in [2.05, 4.69) is 9.97 Å². The van der Waals surface area contributed by atoms with Crippen LogP contribution in [0.15, 0.2) is 32.7 Å². The van der Waals surface area contributed by atoms with Crippen LogP contribution in [0.3, 0.4) is 0 Å². The molecule has 0 bridgehead atoms. The molecule has 0 radical (unpaired) electrons. The number of sulfonamides is 1. The van der Waals surface area contributed by atoms with Crippen LogP contribution < -0.4 is 11.1 Å². The second-order valence-electron chi connectivity index (χ2n) is 6.89. The molecule has 9 nitrogen and oxygen atoms in total. The van der Waals surface area contributed by atoms with E-state index >= 15 is 0 Å². The van der Waals surface area contributed by atoms with Gasteiger partial charge in [-0.2, -0.15) is 4.31 Å². The Balaban J connectivity index is 2.01. The largest absolute Gasteiger partial charge is 0.481 e. The van der Waals surface area contributed by atoms with Gasteiger partial charge in [-0.25, -0.2) is 8.42 Å². The normalized spacial score (nSPS) is 21.4. The predicted octanol–water partition coefficient (Wildman–Crippen LogP) is 0.872. The van der Waals surface area contributed by atoms with E-state index in [1.807, 2.05) is 6.92 Å². The number of aliphatic carboxylic acids is 1. The molecule has 2 aromatic rings. The van der Waals surface area contributed by atoms with Gasteiger partial charge in [-0.1, -0.05) is 13.3 Å². The molecule has 0 saturated carbocycles. The molecule has 146 valence electrons. The second-order valence-corrected chi connectivity index (χ2v) is 8.83. The third-order valence-corrected chi connectivity index (χ3v) is 6.90. The maximum absolute atomic E-state index is 13.1. The lowest BCUT2D eigenvalue weighted by molar-refractivity contribution is -0.151. The summed E-state index contributed by atoms with van der Waals surface area (Å²) in [7, 11) is -3.94. The second kappa shape index (κ2) is 6.93. The number of aromatic nitrogens is 2. The van der Waals surface area contributed by atoms with E-state index < -0.39 is 32.5 Å². The van der Waals surface area contributed by atoms with Crippen LogP contribution >= 0.6 is 0 Å². The first-order chi connectivity index (χ1) is 12.7. The van der Waals surface area contributed by atoms with Crippen molar-refractivity contribution in [1.82, 2.24) is 14.3 Å². The zero-order valence-electron chi connectivity index (χ0n) is 14.8. The highest BCUT2D eigenvalue weighted by Gasteiger charge is 2.44. The van der Waals surface area contributed by atoms with Gasteiger partial charge in [0.15, 0.2) is 0 Å². The summed E-state index contributed by atoms with van der Waals surface area (Å²) in [5, 5.41) is 9.68. The predicted molar refractivity (Wildman–Crippen MR) is 98.2 cm³/mol. The summed E-state index contributed by atoms with van der Waals surface area (Å²) in [6, 6.07) is 4.02. The molecular weight excluding hydrogens is 374 g/mol. The van der Waals surface area contributed by atoms with Crippen molar-refractivity contribution in [2.45, 2.75) is 37.5 Å². The van der Waals surface area contributed by atoms with Crippen LogP contribution in [0.5, 0.6) is 0 Å². The lowest BCUT2D eigenvalue weighted by atomic mass is 9.77. The molecule has 1 atom stereocenters. The lowest BCUT2D eigenvalue weighted by Crippen LogP contribution is -2.49. The molecule has 0 aliphatic carbocycles. The van der Waals surface area contributed by atoms with E-state index in [4.69, 9.17) is 0 Å². The number of fused-ring (bicyclic) bond motifs is 1. The number of benzene rings is 1. The van der Waals surface area contributed by atoms with Crippen molar-refractivity contribution in [3.05, 3.63) is 38.9 Å². The van der Waals surface area contributed by atoms with E-state index in [1.54, 1.807) is 0 Å². The summed E-state index contributed by atoms with van der Waals surface area (Å²) >= 11 is 0. The van der Waals surface area contributed by atoms with Crippen molar-refractivity contribution in [3.63, 3.8) is 0 Å². The van der Waals surface area contributed by atoms with Crippen molar-refractivity contribution in [1.29, 1.82) is 0 Å². The third-order valence-electron chi connectivity index (χ3n) is 5.06. The number of aromatic amines is 2. The number of piperidine rings is 1. The number of carbonyl (C=O) groups is 1.